The van der Waals surface area contributed by atoms with E-state index in [9.17, 15) is 9.59 Å². The predicted molar refractivity (Wildman–Crippen MR) is 149 cm³/mol. The fraction of sp³-hybridized carbons (Fsp3) is 0.286. The predicted octanol–water partition coefficient (Wildman–Crippen LogP) is 4.07. The van der Waals surface area contributed by atoms with E-state index in [4.69, 9.17) is 20.2 Å². The number of anilines is 1. The first-order valence-electron chi connectivity index (χ1n) is 12.6. The average Bonchev–Trinajstić information content (AvgIpc) is 3.49. The Hall–Kier alpha value is -4.80. The van der Waals surface area contributed by atoms with Crippen LogP contribution in [-0.2, 0) is 24.4 Å². The fourth-order valence-corrected chi connectivity index (χ4v) is 4.27. The number of imidazole rings is 1. The molecule has 2 aromatic heterocycles. The first-order chi connectivity index (χ1) is 18.8. The lowest BCUT2D eigenvalue weighted by atomic mass is 10.1. The molecule has 0 atom stereocenters. The van der Waals surface area contributed by atoms with E-state index in [1.54, 1.807) is 12.1 Å². The molecule has 0 spiro atoms. The summed E-state index contributed by atoms with van der Waals surface area (Å²) in [6.45, 7) is 9.86. The average molecular weight is 532 g/mol. The topological polar surface area (TPSA) is 138 Å². The SMILES string of the molecule is C=C(Nc1nc2cc(C(N)=O)cc(OC)c2n1CCCNC(=O)OCc1ccccc1)c1cc(C)nn1CC. The third kappa shape index (κ3) is 6.38. The van der Waals surface area contributed by atoms with Crippen LogP contribution in [0.25, 0.3) is 16.7 Å². The molecular formula is C28H33N7O4. The number of aryl methyl sites for hydroxylation is 3. The van der Waals surface area contributed by atoms with E-state index in [-0.39, 0.29) is 12.2 Å². The van der Waals surface area contributed by atoms with Gasteiger partial charge in [0.25, 0.3) is 0 Å². The largest absolute Gasteiger partial charge is 0.494 e. The molecule has 39 heavy (non-hydrogen) atoms. The highest BCUT2D eigenvalue weighted by Gasteiger charge is 2.19. The van der Waals surface area contributed by atoms with Crippen LogP contribution in [0, 0.1) is 6.92 Å². The maximum absolute atomic E-state index is 12.2. The van der Waals surface area contributed by atoms with E-state index in [2.05, 4.69) is 22.3 Å². The van der Waals surface area contributed by atoms with E-state index in [0.29, 0.717) is 54.5 Å². The molecule has 0 bridgehead atoms. The first-order valence-corrected chi connectivity index (χ1v) is 12.6. The Bertz CT molecular complexity index is 1490. The van der Waals surface area contributed by atoms with Gasteiger partial charge in [0.1, 0.15) is 17.9 Å². The number of ether oxygens (including phenoxy) is 2. The summed E-state index contributed by atoms with van der Waals surface area (Å²) < 4.78 is 14.7. The molecule has 4 rings (SSSR count). The molecule has 0 aliphatic heterocycles. The van der Waals surface area contributed by atoms with Crippen molar-refractivity contribution < 1.29 is 19.1 Å². The smallest absolute Gasteiger partial charge is 0.407 e. The highest BCUT2D eigenvalue weighted by atomic mass is 16.5. The van der Waals surface area contributed by atoms with E-state index >= 15 is 0 Å². The molecule has 11 nitrogen and oxygen atoms in total. The molecule has 2 aromatic carbocycles. The molecule has 204 valence electrons. The van der Waals surface area contributed by atoms with Crippen molar-refractivity contribution >= 4 is 34.7 Å². The van der Waals surface area contributed by atoms with Gasteiger partial charge in [0.15, 0.2) is 0 Å². The number of benzene rings is 2. The summed E-state index contributed by atoms with van der Waals surface area (Å²) in [4.78, 5) is 28.8. The van der Waals surface area contributed by atoms with Gasteiger partial charge in [-0.05, 0) is 44.0 Å². The van der Waals surface area contributed by atoms with Gasteiger partial charge in [0.2, 0.25) is 11.9 Å². The van der Waals surface area contributed by atoms with Gasteiger partial charge < -0.3 is 30.4 Å². The minimum atomic E-state index is -0.579. The number of primary amides is 1. The van der Waals surface area contributed by atoms with Gasteiger partial charge >= 0.3 is 6.09 Å². The Balaban J connectivity index is 1.53. The third-order valence-electron chi connectivity index (χ3n) is 6.13. The first kappa shape index (κ1) is 27.2. The Morgan fingerprint density at radius 1 is 1.15 bits per heavy atom. The van der Waals surface area contributed by atoms with E-state index in [1.807, 2.05) is 59.5 Å². The van der Waals surface area contributed by atoms with Crippen molar-refractivity contribution in [2.24, 2.45) is 5.73 Å². The Kier molecular flexibility index (Phi) is 8.50. The Morgan fingerprint density at radius 2 is 1.92 bits per heavy atom. The zero-order valence-electron chi connectivity index (χ0n) is 22.4. The van der Waals surface area contributed by atoms with Crippen LogP contribution >= 0.6 is 0 Å². The molecule has 4 aromatic rings. The lowest BCUT2D eigenvalue weighted by Gasteiger charge is -2.15. The molecule has 0 aliphatic carbocycles. The molecule has 2 heterocycles. The van der Waals surface area contributed by atoms with Gasteiger partial charge in [0, 0.05) is 25.2 Å². The Labute approximate surface area is 226 Å². The van der Waals surface area contributed by atoms with Crippen molar-refractivity contribution in [3.05, 3.63) is 77.6 Å². The summed E-state index contributed by atoms with van der Waals surface area (Å²) in [5, 5.41) is 10.6. The summed E-state index contributed by atoms with van der Waals surface area (Å²) in [7, 11) is 1.52. The zero-order chi connectivity index (χ0) is 27.9. The molecule has 11 heteroatoms. The maximum atomic E-state index is 12.2. The summed E-state index contributed by atoms with van der Waals surface area (Å²) in [5.41, 5.74) is 10.3. The van der Waals surface area contributed by atoms with Crippen LogP contribution in [0.5, 0.6) is 5.75 Å². The number of fused-ring (bicyclic) bond motifs is 1. The third-order valence-corrected chi connectivity index (χ3v) is 6.13. The van der Waals surface area contributed by atoms with E-state index in [1.165, 1.54) is 7.11 Å². The van der Waals surface area contributed by atoms with Crippen molar-refractivity contribution in [1.29, 1.82) is 0 Å². The van der Waals surface area contributed by atoms with Gasteiger partial charge in [-0.3, -0.25) is 9.48 Å². The maximum Gasteiger partial charge on any atom is 0.407 e. The van der Waals surface area contributed by atoms with Gasteiger partial charge in [0.05, 0.1) is 29.7 Å². The van der Waals surface area contributed by atoms with Gasteiger partial charge in [-0.2, -0.15) is 5.10 Å². The molecule has 2 amide bonds. The number of methoxy groups -OCH3 is 1. The number of rotatable bonds is 12. The van der Waals surface area contributed by atoms with Crippen molar-refractivity contribution in [1.82, 2.24) is 24.6 Å². The fourth-order valence-electron chi connectivity index (χ4n) is 4.27. The molecule has 4 N–H and O–H groups in total. The number of nitrogens with two attached hydrogens (primary N) is 1. The van der Waals surface area contributed by atoms with Crippen LogP contribution in [0.3, 0.4) is 0 Å². The van der Waals surface area contributed by atoms with Gasteiger partial charge in [-0.25, -0.2) is 9.78 Å². The Morgan fingerprint density at radius 3 is 2.62 bits per heavy atom. The van der Waals surface area contributed by atoms with Crippen LogP contribution in [0.4, 0.5) is 10.7 Å². The van der Waals surface area contributed by atoms with Crippen molar-refractivity contribution in [2.45, 2.75) is 40.0 Å². The number of nitrogens with zero attached hydrogens (tertiary/aromatic N) is 4. The van der Waals surface area contributed by atoms with Crippen molar-refractivity contribution in [2.75, 3.05) is 19.0 Å². The lowest BCUT2D eigenvalue weighted by Crippen LogP contribution is -2.26. The number of hydrogen-bond donors (Lipinski definition) is 3. The molecule has 0 fully saturated rings. The molecule has 0 saturated carbocycles. The normalized spacial score (nSPS) is 10.8. The molecule has 0 radical (unpaired) electrons. The number of carbonyl (C=O) groups is 2. The lowest BCUT2D eigenvalue weighted by molar-refractivity contribution is 0.1000. The van der Waals surface area contributed by atoms with Crippen LogP contribution < -0.4 is 21.1 Å². The van der Waals surface area contributed by atoms with Crippen LogP contribution in [-0.4, -0.2) is 45.0 Å². The summed E-state index contributed by atoms with van der Waals surface area (Å²) in [6, 6.07) is 14.7. The highest BCUT2D eigenvalue weighted by molar-refractivity contribution is 5.99. The van der Waals surface area contributed by atoms with Crippen molar-refractivity contribution in [3.8, 4) is 5.75 Å². The van der Waals surface area contributed by atoms with E-state index < -0.39 is 12.0 Å². The summed E-state index contributed by atoms with van der Waals surface area (Å²) >= 11 is 0. The van der Waals surface area contributed by atoms with Crippen LogP contribution in [0.2, 0.25) is 0 Å². The molecule has 0 aliphatic rings. The second kappa shape index (κ2) is 12.2. The molecule has 0 unspecified atom stereocenters. The monoisotopic (exact) mass is 531 g/mol. The number of nitrogens with one attached hydrogen (secondary N) is 2. The van der Waals surface area contributed by atoms with Crippen molar-refractivity contribution in [3.63, 3.8) is 0 Å². The second-order valence-corrected chi connectivity index (χ2v) is 8.93. The number of aromatic nitrogens is 4. The minimum absolute atomic E-state index is 0.197. The number of alkyl carbamates (subject to hydrolysis) is 1. The van der Waals surface area contributed by atoms with Gasteiger partial charge in [-0.1, -0.05) is 36.9 Å². The van der Waals surface area contributed by atoms with Crippen LogP contribution in [0.1, 0.15) is 40.7 Å². The number of carbonyl (C=O) groups excluding carboxylic acids is 2. The molecule has 0 saturated heterocycles. The second-order valence-electron chi connectivity index (χ2n) is 8.93. The van der Waals surface area contributed by atoms with Gasteiger partial charge in [-0.15, -0.1) is 0 Å². The summed E-state index contributed by atoms with van der Waals surface area (Å²) in [5.74, 6) is 0.379. The van der Waals surface area contributed by atoms with Crippen LogP contribution in [0.15, 0.2) is 55.1 Å². The quantitative estimate of drug-likeness (QED) is 0.234. The molecular weight excluding hydrogens is 498 g/mol. The highest BCUT2D eigenvalue weighted by Crippen LogP contribution is 2.32. The van der Waals surface area contributed by atoms with E-state index in [0.717, 1.165) is 17.0 Å². The minimum Gasteiger partial charge on any atom is -0.494 e. The zero-order valence-corrected chi connectivity index (χ0v) is 22.4. The summed E-state index contributed by atoms with van der Waals surface area (Å²) in [6.07, 6.45) is 0.0766. The standard InChI is InChI=1S/C28H33N7O4/c1-5-35-23(14-18(2)33-35)19(3)31-27-32-22-15-21(26(29)36)16-24(38-4)25(22)34(27)13-9-12-30-28(37)39-17-20-10-7-6-8-11-20/h6-8,10-11,14-16H,3,5,9,12-13,17H2,1-2,4H3,(H2,29,36)(H,30,37)(H,31,32). The number of hydrogen-bond acceptors (Lipinski definition) is 7. The number of amides is 2.